The van der Waals surface area contributed by atoms with E-state index in [9.17, 15) is 4.79 Å². The molecule has 0 radical (unpaired) electrons. The normalized spacial score (nSPS) is 13.5. The number of aromatic nitrogens is 2. The van der Waals surface area contributed by atoms with Crippen molar-refractivity contribution in [2.45, 2.75) is 20.0 Å². The van der Waals surface area contributed by atoms with E-state index < -0.39 is 5.97 Å². The Labute approximate surface area is 170 Å². The zero-order chi connectivity index (χ0) is 19.5. The van der Waals surface area contributed by atoms with E-state index in [4.69, 9.17) is 9.26 Å². The van der Waals surface area contributed by atoms with Gasteiger partial charge in [-0.25, -0.2) is 4.79 Å². The van der Waals surface area contributed by atoms with E-state index >= 15 is 0 Å². The summed E-state index contributed by atoms with van der Waals surface area (Å²) >= 11 is 3.41. The molecule has 0 saturated carbocycles. The van der Waals surface area contributed by atoms with Gasteiger partial charge in [0.25, 0.3) is 5.89 Å². The Balaban J connectivity index is 1.37. The van der Waals surface area contributed by atoms with Gasteiger partial charge in [-0.05, 0) is 43.3 Å². The molecule has 0 amide bonds. The van der Waals surface area contributed by atoms with Crippen molar-refractivity contribution in [1.82, 2.24) is 10.1 Å². The average molecular weight is 441 g/mol. The SMILES string of the molecule is CC1=NN(c2ccc(C(=O)OCc3nc(-c4cccc(Br)c4)no3)cc2)CC1. The highest BCUT2D eigenvalue weighted by molar-refractivity contribution is 9.10. The first-order valence-corrected chi connectivity index (χ1v) is 9.55. The molecule has 142 valence electrons. The van der Waals surface area contributed by atoms with Gasteiger partial charge in [-0.3, -0.25) is 5.01 Å². The Hall–Kier alpha value is -3.00. The summed E-state index contributed by atoms with van der Waals surface area (Å²) in [5.74, 6) is 0.231. The maximum Gasteiger partial charge on any atom is 0.338 e. The molecular formula is C20H17BrN4O3. The van der Waals surface area contributed by atoms with Crippen LogP contribution in [0.2, 0.25) is 0 Å². The highest BCUT2D eigenvalue weighted by Crippen LogP contribution is 2.22. The van der Waals surface area contributed by atoms with E-state index in [1.807, 2.05) is 48.3 Å². The number of halogens is 1. The molecule has 0 unspecified atom stereocenters. The fourth-order valence-corrected chi connectivity index (χ4v) is 3.20. The van der Waals surface area contributed by atoms with Crippen LogP contribution in [0.25, 0.3) is 11.4 Å². The molecule has 0 bridgehead atoms. The Morgan fingerprint density at radius 2 is 2.07 bits per heavy atom. The minimum atomic E-state index is -0.449. The van der Waals surface area contributed by atoms with Crippen LogP contribution in [0.5, 0.6) is 0 Å². The summed E-state index contributed by atoms with van der Waals surface area (Å²) in [4.78, 5) is 16.5. The van der Waals surface area contributed by atoms with Crippen LogP contribution in [-0.2, 0) is 11.3 Å². The van der Waals surface area contributed by atoms with Gasteiger partial charge in [0, 0.05) is 28.7 Å². The summed E-state index contributed by atoms with van der Waals surface area (Å²) in [7, 11) is 0. The monoisotopic (exact) mass is 440 g/mol. The third-order valence-electron chi connectivity index (χ3n) is 4.26. The summed E-state index contributed by atoms with van der Waals surface area (Å²) in [6.07, 6.45) is 0.954. The summed E-state index contributed by atoms with van der Waals surface area (Å²) in [6.45, 7) is 2.77. The van der Waals surface area contributed by atoms with Gasteiger partial charge in [0.15, 0.2) is 6.61 Å². The molecule has 7 nitrogen and oxygen atoms in total. The van der Waals surface area contributed by atoms with Gasteiger partial charge in [-0.1, -0.05) is 33.2 Å². The molecule has 3 aromatic rings. The lowest BCUT2D eigenvalue weighted by Crippen LogP contribution is -2.12. The number of hydrogen-bond donors (Lipinski definition) is 0. The molecule has 1 aromatic heterocycles. The van der Waals surface area contributed by atoms with E-state index in [1.54, 1.807) is 12.1 Å². The topological polar surface area (TPSA) is 80.8 Å². The first-order chi connectivity index (χ1) is 13.6. The second-order valence-corrected chi connectivity index (χ2v) is 7.27. The third kappa shape index (κ3) is 4.12. The molecule has 0 fully saturated rings. The van der Waals surface area contributed by atoms with Crippen molar-refractivity contribution < 1.29 is 14.1 Å². The van der Waals surface area contributed by atoms with Crippen molar-refractivity contribution in [1.29, 1.82) is 0 Å². The van der Waals surface area contributed by atoms with Gasteiger partial charge in [0.2, 0.25) is 5.82 Å². The number of nitrogens with zero attached hydrogens (tertiary/aromatic N) is 4. The average Bonchev–Trinajstić information content (AvgIpc) is 3.35. The maximum absolute atomic E-state index is 12.3. The lowest BCUT2D eigenvalue weighted by atomic mass is 10.2. The summed E-state index contributed by atoms with van der Waals surface area (Å²) in [5.41, 5.74) is 3.32. The molecule has 0 spiro atoms. The van der Waals surface area contributed by atoms with Crippen LogP contribution in [-0.4, -0.2) is 28.4 Å². The van der Waals surface area contributed by atoms with Crippen LogP contribution in [0.4, 0.5) is 5.69 Å². The first-order valence-electron chi connectivity index (χ1n) is 8.76. The number of hydrazone groups is 1. The zero-order valence-electron chi connectivity index (χ0n) is 15.1. The quantitative estimate of drug-likeness (QED) is 0.545. The number of hydrogen-bond acceptors (Lipinski definition) is 7. The van der Waals surface area contributed by atoms with Crippen molar-refractivity contribution in [2.75, 3.05) is 11.6 Å². The van der Waals surface area contributed by atoms with Gasteiger partial charge in [-0.2, -0.15) is 10.1 Å². The van der Waals surface area contributed by atoms with E-state index in [1.165, 1.54) is 0 Å². The number of carbonyl (C=O) groups excluding carboxylic acids is 1. The lowest BCUT2D eigenvalue weighted by molar-refractivity contribution is 0.0430. The Morgan fingerprint density at radius 3 is 2.79 bits per heavy atom. The van der Waals surface area contributed by atoms with Crippen molar-refractivity contribution in [3.8, 4) is 11.4 Å². The van der Waals surface area contributed by atoms with Gasteiger partial charge in [-0.15, -0.1) is 0 Å². The van der Waals surface area contributed by atoms with Gasteiger partial charge < -0.3 is 9.26 Å². The Morgan fingerprint density at radius 1 is 1.25 bits per heavy atom. The lowest BCUT2D eigenvalue weighted by Gasteiger charge is -2.13. The Bertz CT molecular complexity index is 1030. The van der Waals surface area contributed by atoms with E-state index in [0.717, 1.165) is 34.4 Å². The van der Waals surface area contributed by atoms with Gasteiger partial charge in [0.1, 0.15) is 0 Å². The molecule has 0 N–H and O–H groups in total. The van der Waals surface area contributed by atoms with Crippen molar-refractivity contribution >= 4 is 33.3 Å². The first kappa shape index (κ1) is 18.4. The predicted octanol–water partition coefficient (Wildman–Crippen LogP) is 4.44. The molecule has 28 heavy (non-hydrogen) atoms. The van der Waals surface area contributed by atoms with Crippen LogP contribution < -0.4 is 5.01 Å². The number of carbonyl (C=O) groups is 1. The van der Waals surface area contributed by atoms with Crippen LogP contribution in [0.1, 0.15) is 29.6 Å². The molecule has 8 heteroatoms. The minimum Gasteiger partial charge on any atom is -0.452 e. The molecule has 2 heterocycles. The molecular weight excluding hydrogens is 424 g/mol. The second kappa shape index (κ2) is 7.93. The molecule has 0 atom stereocenters. The van der Waals surface area contributed by atoms with Gasteiger partial charge in [0.05, 0.1) is 11.3 Å². The van der Waals surface area contributed by atoms with Crippen LogP contribution in [0, 0.1) is 0 Å². The summed E-state index contributed by atoms with van der Waals surface area (Å²) in [6, 6.07) is 14.7. The molecule has 4 rings (SSSR count). The number of benzene rings is 2. The zero-order valence-corrected chi connectivity index (χ0v) is 16.7. The van der Waals surface area contributed by atoms with E-state index in [0.29, 0.717) is 11.4 Å². The smallest absolute Gasteiger partial charge is 0.338 e. The minimum absolute atomic E-state index is 0.0861. The second-order valence-electron chi connectivity index (χ2n) is 6.35. The maximum atomic E-state index is 12.3. The predicted molar refractivity (Wildman–Crippen MR) is 108 cm³/mol. The number of esters is 1. The number of ether oxygens (including phenoxy) is 1. The molecule has 0 saturated heterocycles. The fraction of sp³-hybridized carbons (Fsp3) is 0.200. The Kier molecular flexibility index (Phi) is 5.21. The molecule has 0 aliphatic carbocycles. The summed E-state index contributed by atoms with van der Waals surface area (Å²) < 4.78 is 11.4. The molecule has 1 aliphatic rings. The van der Waals surface area contributed by atoms with Crippen LogP contribution in [0.15, 0.2) is 62.6 Å². The van der Waals surface area contributed by atoms with Crippen molar-refractivity contribution in [2.24, 2.45) is 5.10 Å². The number of rotatable bonds is 5. The van der Waals surface area contributed by atoms with Crippen LogP contribution >= 0.6 is 15.9 Å². The fourth-order valence-electron chi connectivity index (χ4n) is 2.80. The standard InChI is InChI=1S/C20H17BrN4O3/c1-13-9-10-25(23-13)17-7-5-14(6-8-17)20(26)27-12-18-22-19(24-28-18)15-3-2-4-16(21)11-15/h2-8,11H,9-10,12H2,1H3. The molecule has 1 aliphatic heterocycles. The van der Waals surface area contributed by atoms with Gasteiger partial charge >= 0.3 is 5.97 Å². The highest BCUT2D eigenvalue weighted by Gasteiger charge is 2.15. The molecule has 2 aromatic carbocycles. The largest absolute Gasteiger partial charge is 0.452 e. The van der Waals surface area contributed by atoms with Crippen LogP contribution in [0.3, 0.4) is 0 Å². The third-order valence-corrected chi connectivity index (χ3v) is 4.75. The summed E-state index contributed by atoms with van der Waals surface area (Å²) in [5, 5.41) is 10.3. The van der Waals surface area contributed by atoms with E-state index in [-0.39, 0.29) is 12.5 Å². The highest BCUT2D eigenvalue weighted by atomic mass is 79.9. The number of anilines is 1. The van der Waals surface area contributed by atoms with Crippen molar-refractivity contribution in [3.63, 3.8) is 0 Å². The van der Waals surface area contributed by atoms with Crippen molar-refractivity contribution in [3.05, 3.63) is 64.5 Å². The van der Waals surface area contributed by atoms with E-state index in [2.05, 4.69) is 31.2 Å².